The van der Waals surface area contributed by atoms with Gasteiger partial charge in [0.15, 0.2) is 11.5 Å². The van der Waals surface area contributed by atoms with Crippen LogP contribution in [0, 0.1) is 0 Å². The second-order valence-corrected chi connectivity index (χ2v) is 5.23. The van der Waals surface area contributed by atoms with Crippen LogP contribution in [-0.2, 0) is 0 Å². The van der Waals surface area contributed by atoms with E-state index in [1.165, 1.54) is 11.8 Å². The second-order valence-electron chi connectivity index (χ2n) is 3.81. The molecule has 0 fully saturated rings. The van der Waals surface area contributed by atoms with Gasteiger partial charge in [-0.1, -0.05) is 6.92 Å². The van der Waals surface area contributed by atoms with Crippen LogP contribution in [0.15, 0.2) is 17.0 Å². The van der Waals surface area contributed by atoms with E-state index in [4.69, 9.17) is 15.2 Å². The third-order valence-corrected chi connectivity index (χ3v) is 3.88. The predicted molar refractivity (Wildman–Crippen MR) is 71.0 cm³/mol. The molecule has 0 radical (unpaired) electrons. The summed E-state index contributed by atoms with van der Waals surface area (Å²) in [5, 5.41) is 9.55. The fourth-order valence-corrected chi connectivity index (χ4v) is 2.24. The van der Waals surface area contributed by atoms with Crippen LogP contribution < -0.4 is 15.2 Å². The highest BCUT2D eigenvalue weighted by molar-refractivity contribution is 8.00. The van der Waals surface area contributed by atoms with Gasteiger partial charge in [-0.25, -0.2) is 0 Å². The van der Waals surface area contributed by atoms with Crippen molar-refractivity contribution in [3.63, 3.8) is 0 Å². The van der Waals surface area contributed by atoms with E-state index < -0.39 is 6.10 Å². The Morgan fingerprint density at radius 1 is 1.18 bits per heavy atom. The van der Waals surface area contributed by atoms with Crippen molar-refractivity contribution in [2.75, 3.05) is 20.0 Å². The third kappa shape index (κ3) is 3.44. The van der Waals surface area contributed by atoms with Gasteiger partial charge in [-0.3, -0.25) is 0 Å². The fourth-order valence-electron chi connectivity index (χ4n) is 1.28. The van der Waals surface area contributed by atoms with E-state index >= 15 is 0 Å². The molecule has 0 saturated carbocycles. The SMILES string of the molecule is COc1cc(N)c(SC(C)C(C)O)cc1OC. The molecule has 0 spiro atoms. The van der Waals surface area contributed by atoms with Crippen LogP contribution in [0.4, 0.5) is 5.69 Å². The lowest BCUT2D eigenvalue weighted by molar-refractivity contribution is 0.196. The molecule has 1 rings (SSSR count). The maximum atomic E-state index is 9.48. The van der Waals surface area contributed by atoms with Gasteiger partial charge in [0.2, 0.25) is 0 Å². The van der Waals surface area contributed by atoms with E-state index in [0.29, 0.717) is 17.2 Å². The van der Waals surface area contributed by atoms with Crippen LogP contribution in [0.5, 0.6) is 11.5 Å². The maximum Gasteiger partial charge on any atom is 0.162 e. The Balaban J connectivity index is 3.00. The largest absolute Gasteiger partial charge is 0.493 e. The van der Waals surface area contributed by atoms with Crippen molar-refractivity contribution in [3.8, 4) is 11.5 Å². The maximum absolute atomic E-state index is 9.48. The molecule has 17 heavy (non-hydrogen) atoms. The fraction of sp³-hybridized carbons (Fsp3) is 0.500. The predicted octanol–water partition coefficient (Wildman–Crippen LogP) is 2.15. The van der Waals surface area contributed by atoms with Gasteiger partial charge < -0.3 is 20.3 Å². The molecule has 0 aliphatic heterocycles. The number of nitrogens with two attached hydrogens (primary N) is 1. The molecule has 0 aliphatic rings. The Labute approximate surface area is 106 Å². The molecule has 96 valence electrons. The number of hydrogen-bond acceptors (Lipinski definition) is 5. The number of methoxy groups -OCH3 is 2. The molecule has 4 nitrogen and oxygen atoms in total. The van der Waals surface area contributed by atoms with Gasteiger partial charge >= 0.3 is 0 Å². The van der Waals surface area contributed by atoms with Crippen molar-refractivity contribution in [2.45, 2.75) is 30.1 Å². The molecule has 2 atom stereocenters. The van der Waals surface area contributed by atoms with E-state index in [0.717, 1.165) is 4.90 Å². The summed E-state index contributed by atoms with van der Waals surface area (Å²) in [5.41, 5.74) is 6.56. The second kappa shape index (κ2) is 6.02. The van der Waals surface area contributed by atoms with Gasteiger partial charge in [0, 0.05) is 21.9 Å². The van der Waals surface area contributed by atoms with Gasteiger partial charge in [0.1, 0.15) is 0 Å². The van der Waals surface area contributed by atoms with Crippen molar-refractivity contribution in [3.05, 3.63) is 12.1 Å². The first-order valence-electron chi connectivity index (χ1n) is 5.35. The van der Waals surface area contributed by atoms with Gasteiger partial charge in [-0.15, -0.1) is 11.8 Å². The van der Waals surface area contributed by atoms with E-state index in [-0.39, 0.29) is 5.25 Å². The van der Waals surface area contributed by atoms with Crippen LogP contribution in [0.3, 0.4) is 0 Å². The first-order chi connectivity index (χ1) is 7.99. The Morgan fingerprint density at radius 3 is 2.18 bits per heavy atom. The highest BCUT2D eigenvalue weighted by Crippen LogP contribution is 2.38. The monoisotopic (exact) mass is 257 g/mol. The Hall–Kier alpha value is -1.07. The molecule has 3 N–H and O–H groups in total. The summed E-state index contributed by atoms with van der Waals surface area (Å²) < 4.78 is 10.4. The number of benzene rings is 1. The van der Waals surface area contributed by atoms with Crippen molar-refractivity contribution in [1.82, 2.24) is 0 Å². The molecular weight excluding hydrogens is 238 g/mol. The number of nitrogen functional groups attached to an aromatic ring is 1. The van der Waals surface area contributed by atoms with Crippen molar-refractivity contribution < 1.29 is 14.6 Å². The topological polar surface area (TPSA) is 64.7 Å². The minimum atomic E-state index is -0.396. The summed E-state index contributed by atoms with van der Waals surface area (Å²) in [6.45, 7) is 3.71. The van der Waals surface area contributed by atoms with E-state index in [1.807, 2.05) is 13.0 Å². The van der Waals surface area contributed by atoms with Crippen LogP contribution in [0.1, 0.15) is 13.8 Å². The van der Waals surface area contributed by atoms with Crippen LogP contribution in [-0.4, -0.2) is 30.7 Å². The number of aliphatic hydroxyl groups excluding tert-OH is 1. The van der Waals surface area contributed by atoms with E-state index in [1.54, 1.807) is 27.2 Å². The molecule has 0 amide bonds. The number of aliphatic hydroxyl groups is 1. The minimum absolute atomic E-state index is 0.0652. The van der Waals surface area contributed by atoms with Crippen molar-refractivity contribution in [2.24, 2.45) is 0 Å². The molecule has 0 bridgehead atoms. The molecule has 0 heterocycles. The zero-order valence-electron chi connectivity index (χ0n) is 10.6. The summed E-state index contributed by atoms with van der Waals surface area (Å²) in [6, 6.07) is 3.56. The van der Waals surface area contributed by atoms with E-state index in [9.17, 15) is 5.11 Å². The summed E-state index contributed by atoms with van der Waals surface area (Å²) in [5.74, 6) is 1.25. The lowest BCUT2D eigenvalue weighted by atomic mass is 10.3. The van der Waals surface area contributed by atoms with Crippen LogP contribution in [0.25, 0.3) is 0 Å². The summed E-state index contributed by atoms with van der Waals surface area (Å²) in [7, 11) is 3.16. The normalized spacial score (nSPS) is 14.2. The number of hydrogen-bond donors (Lipinski definition) is 2. The Bertz CT molecular complexity index is 382. The molecule has 5 heteroatoms. The summed E-state index contributed by atoms with van der Waals surface area (Å²) >= 11 is 1.52. The summed E-state index contributed by atoms with van der Waals surface area (Å²) in [6.07, 6.45) is -0.396. The highest BCUT2D eigenvalue weighted by atomic mass is 32.2. The highest BCUT2D eigenvalue weighted by Gasteiger charge is 2.15. The first kappa shape index (κ1) is 14.0. The number of thioether (sulfide) groups is 1. The summed E-state index contributed by atoms with van der Waals surface area (Å²) in [4.78, 5) is 0.885. The molecule has 1 aromatic rings. The molecule has 0 aromatic heterocycles. The van der Waals surface area contributed by atoms with Crippen molar-refractivity contribution in [1.29, 1.82) is 0 Å². The number of ether oxygens (including phenoxy) is 2. The molecule has 0 saturated heterocycles. The average molecular weight is 257 g/mol. The molecule has 0 aliphatic carbocycles. The first-order valence-corrected chi connectivity index (χ1v) is 6.23. The zero-order valence-corrected chi connectivity index (χ0v) is 11.4. The third-order valence-electron chi connectivity index (χ3n) is 2.51. The van der Waals surface area contributed by atoms with Gasteiger partial charge in [-0.2, -0.15) is 0 Å². The minimum Gasteiger partial charge on any atom is -0.493 e. The Morgan fingerprint density at radius 2 is 1.71 bits per heavy atom. The molecular formula is C12H19NO3S. The quantitative estimate of drug-likeness (QED) is 0.625. The standard InChI is InChI=1S/C12H19NO3S/c1-7(14)8(2)17-12-6-11(16-4)10(15-3)5-9(12)13/h5-8,14H,13H2,1-4H3. The average Bonchev–Trinajstić information content (AvgIpc) is 2.30. The molecule has 1 aromatic carbocycles. The zero-order chi connectivity index (χ0) is 13.0. The smallest absolute Gasteiger partial charge is 0.162 e. The number of rotatable bonds is 5. The van der Waals surface area contributed by atoms with E-state index in [2.05, 4.69) is 0 Å². The van der Waals surface area contributed by atoms with Gasteiger partial charge in [0.05, 0.1) is 20.3 Å². The van der Waals surface area contributed by atoms with Crippen LogP contribution >= 0.6 is 11.8 Å². The Kier molecular flexibility index (Phi) is 4.96. The van der Waals surface area contributed by atoms with Crippen LogP contribution in [0.2, 0.25) is 0 Å². The van der Waals surface area contributed by atoms with Crippen molar-refractivity contribution >= 4 is 17.4 Å². The number of anilines is 1. The van der Waals surface area contributed by atoms with Gasteiger partial charge in [0.25, 0.3) is 0 Å². The lowest BCUT2D eigenvalue weighted by Gasteiger charge is -2.17. The lowest BCUT2D eigenvalue weighted by Crippen LogP contribution is -2.15. The van der Waals surface area contributed by atoms with Gasteiger partial charge in [-0.05, 0) is 13.0 Å². The molecule has 2 unspecified atom stereocenters.